The highest BCUT2D eigenvalue weighted by molar-refractivity contribution is 5.64. The molecule has 2 aromatic rings. The molecule has 0 unspecified atom stereocenters. The molecular formula is C15H18FN3. The summed E-state index contributed by atoms with van der Waals surface area (Å²) >= 11 is 0. The van der Waals surface area contributed by atoms with Crippen LogP contribution in [0, 0.1) is 19.7 Å². The third-order valence-electron chi connectivity index (χ3n) is 2.85. The van der Waals surface area contributed by atoms with Gasteiger partial charge in [-0.05, 0) is 50.1 Å². The summed E-state index contributed by atoms with van der Waals surface area (Å²) in [7, 11) is 0. The molecule has 1 aromatic carbocycles. The maximum Gasteiger partial charge on any atom is 0.223 e. The Hall–Kier alpha value is -1.97. The molecule has 0 saturated heterocycles. The summed E-state index contributed by atoms with van der Waals surface area (Å²) in [6.45, 7) is 6.75. The van der Waals surface area contributed by atoms with E-state index in [0.29, 0.717) is 5.95 Å². The van der Waals surface area contributed by atoms with Crippen molar-refractivity contribution in [3.8, 4) is 11.3 Å². The van der Waals surface area contributed by atoms with Gasteiger partial charge in [-0.15, -0.1) is 0 Å². The van der Waals surface area contributed by atoms with E-state index in [-0.39, 0.29) is 5.82 Å². The fourth-order valence-electron chi connectivity index (χ4n) is 1.94. The Bertz CT molecular complexity index is 582. The first-order valence-electron chi connectivity index (χ1n) is 6.46. The van der Waals surface area contributed by atoms with Crippen LogP contribution in [0.2, 0.25) is 0 Å². The van der Waals surface area contributed by atoms with E-state index in [9.17, 15) is 4.39 Å². The predicted molar refractivity (Wildman–Crippen MR) is 75.7 cm³/mol. The van der Waals surface area contributed by atoms with Gasteiger partial charge in [-0.25, -0.2) is 14.4 Å². The van der Waals surface area contributed by atoms with Crippen molar-refractivity contribution in [1.29, 1.82) is 0 Å². The molecule has 0 saturated carbocycles. The summed E-state index contributed by atoms with van der Waals surface area (Å²) in [5.74, 6) is 0.400. The van der Waals surface area contributed by atoms with Crippen LogP contribution < -0.4 is 5.32 Å². The highest BCUT2D eigenvalue weighted by Crippen LogP contribution is 2.23. The number of anilines is 1. The van der Waals surface area contributed by atoms with E-state index < -0.39 is 0 Å². The quantitative estimate of drug-likeness (QED) is 0.909. The Labute approximate surface area is 112 Å². The Morgan fingerprint density at radius 3 is 2.63 bits per heavy atom. The average molecular weight is 259 g/mol. The van der Waals surface area contributed by atoms with E-state index in [1.807, 2.05) is 19.9 Å². The second-order valence-electron chi connectivity index (χ2n) is 4.60. The Morgan fingerprint density at radius 1 is 1.16 bits per heavy atom. The van der Waals surface area contributed by atoms with Crippen LogP contribution in [0.3, 0.4) is 0 Å². The number of rotatable bonds is 4. The highest BCUT2D eigenvalue weighted by Gasteiger charge is 2.07. The summed E-state index contributed by atoms with van der Waals surface area (Å²) in [6.07, 6.45) is 1.02. The van der Waals surface area contributed by atoms with Crippen LogP contribution >= 0.6 is 0 Å². The molecule has 1 N–H and O–H groups in total. The maximum atomic E-state index is 13.1. The van der Waals surface area contributed by atoms with Gasteiger partial charge in [0.15, 0.2) is 0 Å². The van der Waals surface area contributed by atoms with Crippen LogP contribution in [0.4, 0.5) is 10.3 Å². The second-order valence-corrected chi connectivity index (χ2v) is 4.60. The van der Waals surface area contributed by atoms with E-state index in [4.69, 9.17) is 0 Å². The minimum atomic E-state index is -0.226. The second kappa shape index (κ2) is 5.78. The van der Waals surface area contributed by atoms with Gasteiger partial charge in [-0.2, -0.15) is 0 Å². The van der Waals surface area contributed by atoms with Gasteiger partial charge in [-0.3, -0.25) is 0 Å². The predicted octanol–water partition coefficient (Wildman–Crippen LogP) is 3.72. The summed E-state index contributed by atoms with van der Waals surface area (Å²) in [5.41, 5.74) is 3.53. The number of aryl methyl sites for hydroxylation is 2. The number of benzene rings is 1. The number of nitrogens with zero attached hydrogens (tertiary/aromatic N) is 2. The Balaban J connectivity index is 2.41. The smallest absolute Gasteiger partial charge is 0.223 e. The fourth-order valence-corrected chi connectivity index (χ4v) is 1.94. The number of aromatic nitrogens is 2. The van der Waals surface area contributed by atoms with Crippen molar-refractivity contribution in [3.63, 3.8) is 0 Å². The average Bonchev–Trinajstić information content (AvgIpc) is 2.35. The Morgan fingerprint density at radius 2 is 1.95 bits per heavy atom. The van der Waals surface area contributed by atoms with Gasteiger partial charge in [0, 0.05) is 17.8 Å². The molecule has 19 heavy (non-hydrogen) atoms. The normalized spacial score (nSPS) is 10.5. The van der Waals surface area contributed by atoms with Crippen molar-refractivity contribution in [3.05, 3.63) is 41.3 Å². The van der Waals surface area contributed by atoms with Gasteiger partial charge in [0.05, 0.1) is 5.69 Å². The Kier molecular flexibility index (Phi) is 4.10. The number of hydrogen-bond acceptors (Lipinski definition) is 3. The highest BCUT2D eigenvalue weighted by atomic mass is 19.1. The van der Waals surface area contributed by atoms with Crippen molar-refractivity contribution >= 4 is 5.95 Å². The van der Waals surface area contributed by atoms with Gasteiger partial charge in [0.2, 0.25) is 5.95 Å². The van der Waals surface area contributed by atoms with Crippen molar-refractivity contribution < 1.29 is 4.39 Å². The molecule has 0 radical (unpaired) electrons. The first-order chi connectivity index (χ1) is 9.10. The van der Waals surface area contributed by atoms with Crippen LogP contribution in [0.5, 0.6) is 0 Å². The third-order valence-corrected chi connectivity index (χ3v) is 2.85. The van der Waals surface area contributed by atoms with Gasteiger partial charge < -0.3 is 5.32 Å². The van der Waals surface area contributed by atoms with Crippen molar-refractivity contribution in [2.45, 2.75) is 27.2 Å². The molecule has 2 rings (SSSR count). The largest absolute Gasteiger partial charge is 0.354 e. The lowest BCUT2D eigenvalue weighted by molar-refractivity contribution is 0.627. The molecule has 0 aliphatic heterocycles. The molecule has 1 aromatic heterocycles. The lowest BCUT2D eigenvalue weighted by atomic mass is 10.1. The number of nitrogens with one attached hydrogen (secondary N) is 1. The lowest BCUT2D eigenvalue weighted by Gasteiger charge is -2.09. The monoisotopic (exact) mass is 259 g/mol. The van der Waals surface area contributed by atoms with Crippen LogP contribution in [-0.4, -0.2) is 16.5 Å². The van der Waals surface area contributed by atoms with Gasteiger partial charge in [0.25, 0.3) is 0 Å². The van der Waals surface area contributed by atoms with E-state index in [2.05, 4.69) is 22.2 Å². The molecule has 0 spiro atoms. The zero-order chi connectivity index (χ0) is 13.8. The van der Waals surface area contributed by atoms with Crippen LogP contribution in [0.15, 0.2) is 24.3 Å². The van der Waals surface area contributed by atoms with Gasteiger partial charge >= 0.3 is 0 Å². The van der Waals surface area contributed by atoms with Crippen molar-refractivity contribution in [2.24, 2.45) is 0 Å². The topological polar surface area (TPSA) is 37.8 Å². The molecule has 0 fully saturated rings. The summed E-state index contributed by atoms with van der Waals surface area (Å²) in [4.78, 5) is 8.83. The van der Waals surface area contributed by atoms with E-state index in [1.54, 1.807) is 6.07 Å². The fraction of sp³-hybridized carbons (Fsp3) is 0.333. The van der Waals surface area contributed by atoms with Crippen LogP contribution in [0.1, 0.15) is 24.6 Å². The van der Waals surface area contributed by atoms with E-state index >= 15 is 0 Å². The summed E-state index contributed by atoms with van der Waals surface area (Å²) in [6, 6.07) is 6.65. The summed E-state index contributed by atoms with van der Waals surface area (Å²) in [5, 5.41) is 3.18. The van der Waals surface area contributed by atoms with Gasteiger partial charge in [-0.1, -0.05) is 6.92 Å². The first kappa shape index (κ1) is 13.5. The number of halogens is 1. The molecule has 100 valence electrons. The van der Waals surface area contributed by atoms with Gasteiger partial charge in [0.1, 0.15) is 5.82 Å². The zero-order valence-electron chi connectivity index (χ0n) is 11.5. The molecule has 0 atom stereocenters. The molecule has 0 aliphatic carbocycles. The molecular weight excluding hydrogens is 241 g/mol. The summed E-state index contributed by atoms with van der Waals surface area (Å²) < 4.78 is 13.1. The molecule has 0 amide bonds. The minimum absolute atomic E-state index is 0.226. The van der Waals surface area contributed by atoms with Crippen LogP contribution in [0.25, 0.3) is 11.3 Å². The van der Waals surface area contributed by atoms with E-state index in [0.717, 1.165) is 35.5 Å². The standard InChI is InChI=1S/C15H18FN3/c1-4-7-17-15-18-11(3)9-14(19-15)13-6-5-12(16)8-10(13)2/h5-6,8-9H,4,7H2,1-3H3,(H,17,18,19). The first-order valence-corrected chi connectivity index (χ1v) is 6.46. The maximum absolute atomic E-state index is 13.1. The molecule has 1 heterocycles. The molecule has 0 aliphatic rings. The number of hydrogen-bond donors (Lipinski definition) is 1. The van der Waals surface area contributed by atoms with Crippen LogP contribution in [-0.2, 0) is 0 Å². The molecule has 4 heteroatoms. The third kappa shape index (κ3) is 3.28. The van der Waals surface area contributed by atoms with E-state index in [1.165, 1.54) is 12.1 Å². The zero-order valence-corrected chi connectivity index (χ0v) is 11.5. The lowest BCUT2D eigenvalue weighted by Crippen LogP contribution is -2.06. The van der Waals surface area contributed by atoms with Crippen molar-refractivity contribution in [1.82, 2.24) is 9.97 Å². The minimum Gasteiger partial charge on any atom is -0.354 e. The van der Waals surface area contributed by atoms with Crippen molar-refractivity contribution in [2.75, 3.05) is 11.9 Å². The molecule has 3 nitrogen and oxygen atoms in total. The molecule has 0 bridgehead atoms. The SMILES string of the molecule is CCCNc1nc(C)cc(-c2ccc(F)cc2C)n1.